The van der Waals surface area contributed by atoms with E-state index in [1.807, 2.05) is 32.9 Å². The lowest BCUT2D eigenvalue weighted by Gasteiger charge is -2.12. The molecular formula is C16H21FN4. The van der Waals surface area contributed by atoms with Gasteiger partial charge in [-0.25, -0.2) is 14.4 Å². The van der Waals surface area contributed by atoms with Crippen LogP contribution in [0.2, 0.25) is 0 Å². The third-order valence-corrected chi connectivity index (χ3v) is 3.06. The van der Waals surface area contributed by atoms with E-state index in [0.717, 1.165) is 18.2 Å². The fourth-order valence-electron chi connectivity index (χ4n) is 1.88. The van der Waals surface area contributed by atoms with Crippen LogP contribution in [0.1, 0.15) is 38.1 Å². The second kappa shape index (κ2) is 6.52. The predicted octanol–water partition coefficient (Wildman–Crippen LogP) is 4.22. The molecule has 0 atom stereocenters. The molecule has 5 heteroatoms. The average Bonchev–Trinajstić information content (AvgIpc) is 2.43. The van der Waals surface area contributed by atoms with Crippen molar-refractivity contribution in [2.45, 2.75) is 33.6 Å². The van der Waals surface area contributed by atoms with Gasteiger partial charge in [0.1, 0.15) is 23.3 Å². The van der Waals surface area contributed by atoms with Crippen molar-refractivity contribution < 1.29 is 4.39 Å². The molecule has 2 rings (SSSR count). The van der Waals surface area contributed by atoms with Crippen LogP contribution in [0, 0.1) is 12.7 Å². The smallest absolute Gasteiger partial charge is 0.136 e. The van der Waals surface area contributed by atoms with E-state index in [2.05, 4.69) is 20.6 Å². The molecule has 1 aromatic carbocycles. The van der Waals surface area contributed by atoms with Gasteiger partial charge in [0.25, 0.3) is 0 Å². The minimum absolute atomic E-state index is 0.221. The van der Waals surface area contributed by atoms with Gasteiger partial charge in [-0.3, -0.25) is 0 Å². The van der Waals surface area contributed by atoms with Gasteiger partial charge in [0, 0.05) is 24.2 Å². The summed E-state index contributed by atoms with van der Waals surface area (Å²) in [5, 5.41) is 6.32. The molecular weight excluding hydrogens is 267 g/mol. The number of hydrogen-bond acceptors (Lipinski definition) is 4. The maximum absolute atomic E-state index is 13.6. The summed E-state index contributed by atoms with van der Waals surface area (Å²) in [6.45, 7) is 8.62. The van der Waals surface area contributed by atoms with E-state index in [-0.39, 0.29) is 11.7 Å². The van der Waals surface area contributed by atoms with Crippen LogP contribution >= 0.6 is 0 Å². The van der Waals surface area contributed by atoms with Crippen LogP contribution in [0.15, 0.2) is 24.3 Å². The van der Waals surface area contributed by atoms with E-state index in [1.54, 1.807) is 13.0 Å². The molecule has 0 unspecified atom stereocenters. The summed E-state index contributed by atoms with van der Waals surface area (Å²) in [7, 11) is 0. The van der Waals surface area contributed by atoms with Gasteiger partial charge in [0.15, 0.2) is 0 Å². The molecule has 112 valence electrons. The Hall–Kier alpha value is -2.17. The Labute approximate surface area is 124 Å². The Morgan fingerprint density at radius 1 is 1.14 bits per heavy atom. The summed E-state index contributed by atoms with van der Waals surface area (Å²) in [5.74, 6) is 2.17. The maximum atomic E-state index is 13.6. The average molecular weight is 288 g/mol. The fourth-order valence-corrected chi connectivity index (χ4v) is 1.88. The molecule has 0 saturated heterocycles. The highest BCUT2D eigenvalue weighted by Crippen LogP contribution is 2.22. The normalized spacial score (nSPS) is 10.8. The van der Waals surface area contributed by atoms with Crippen LogP contribution in [0.4, 0.5) is 21.7 Å². The van der Waals surface area contributed by atoms with Crippen molar-refractivity contribution >= 4 is 17.3 Å². The first-order chi connectivity index (χ1) is 9.99. The number of nitrogens with zero attached hydrogens (tertiary/aromatic N) is 2. The van der Waals surface area contributed by atoms with Gasteiger partial charge >= 0.3 is 0 Å². The van der Waals surface area contributed by atoms with Gasteiger partial charge < -0.3 is 10.6 Å². The number of hydrogen-bond donors (Lipinski definition) is 2. The highest BCUT2D eigenvalue weighted by atomic mass is 19.1. The van der Waals surface area contributed by atoms with E-state index in [9.17, 15) is 4.39 Å². The van der Waals surface area contributed by atoms with Crippen LogP contribution < -0.4 is 10.6 Å². The van der Waals surface area contributed by atoms with Crippen molar-refractivity contribution in [2.24, 2.45) is 0 Å². The molecule has 0 radical (unpaired) electrons. The number of benzene rings is 1. The predicted molar refractivity (Wildman–Crippen MR) is 84.7 cm³/mol. The highest BCUT2D eigenvalue weighted by Gasteiger charge is 2.08. The first-order valence-electron chi connectivity index (χ1n) is 7.15. The van der Waals surface area contributed by atoms with Gasteiger partial charge in [0.05, 0.1) is 0 Å². The van der Waals surface area contributed by atoms with Crippen LogP contribution in [0.25, 0.3) is 0 Å². The van der Waals surface area contributed by atoms with Gasteiger partial charge in [-0.05, 0) is 31.5 Å². The molecule has 4 nitrogen and oxygen atoms in total. The zero-order chi connectivity index (χ0) is 15.4. The van der Waals surface area contributed by atoms with Crippen molar-refractivity contribution in [3.8, 4) is 0 Å². The first kappa shape index (κ1) is 15.2. The van der Waals surface area contributed by atoms with Crippen molar-refractivity contribution in [1.82, 2.24) is 9.97 Å². The summed E-state index contributed by atoms with van der Waals surface area (Å²) in [5.41, 5.74) is 1.30. The molecule has 0 aliphatic heterocycles. The molecule has 0 aliphatic carbocycles. The molecule has 0 bridgehead atoms. The van der Waals surface area contributed by atoms with Crippen molar-refractivity contribution in [3.05, 3.63) is 41.5 Å². The zero-order valence-electron chi connectivity index (χ0n) is 12.9. The van der Waals surface area contributed by atoms with Crippen LogP contribution in [0.3, 0.4) is 0 Å². The van der Waals surface area contributed by atoms with Gasteiger partial charge in [0.2, 0.25) is 0 Å². The molecule has 0 fully saturated rings. The minimum Gasteiger partial charge on any atom is -0.370 e. The lowest BCUT2D eigenvalue weighted by Crippen LogP contribution is -2.07. The van der Waals surface area contributed by atoms with E-state index >= 15 is 0 Å². The van der Waals surface area contributed by atoms with Gasteiger partial charge in [-0.2, -0.15) is 0 Å². The Morgan fingerprint density at radius 2 is 1.86 bits per heavy atom. The topological polar surface area (TPSA) is 49.8 Å². The molecule has 2 aromatic rings. The third kappa shape index (κ3) is 3.90. The number of anilines is 3. The number of nitrogens with one attached hydrogen (secondary N) is 2. The van der Waals surface area contributed by atoms with E-state index < -0.39 is 0 Å². The van der Waals surface area contributed by atoms with Crippen LogP contribution in [-0.4, -0.2) is 16.5 Å². The number of halogens is 1. The molecule has 0 amide bonds. The summed E-state index contributed by atoms with van der Waals surface area (Å²) < 4.78 is 13.6. The third-order valence-electron chi connectivity index (χ3n) is 3.06. The maximum Gasteiger partial charge on any atom is 0.136 e. The molecule has 1 heterocycles. The summed E-state index contributed by atoms with van der Waals surface area (Å²) >= 11 is 0. The lowest BCUT2D eigenvalue weighted by molar-refractivity contribution is 0.619. The Bertz CT molecular complexity index is 626. The molecule has 0 spiro atoms. The Balaban J connectivity index is 2.31. The largest absolute Gasteiger partial charge is 0.370 e. The quantitative estimate of drug-likeness (QED) is 0.864. The van der Waals surface area contributed by atoms with E-state index in [0.29, 0.717) is 17.1 Å². The molecule has 0 aliphatic rings. The van der Waals surface area contributed by atoms with Crippen LogP contribution in [0.5, 0.6) is 0 Å². The standard InChI is InChI=1S/C16H21FN4/c1-5-18-14-9-15(21-16(20-14)10(2)3)19-12-7-6-11(4)13(17)8-12/h6-10H,5H2,1-4H3,(H2,18,19,20,21). The molecule has 21 heavy (non-hydrogen) atoms. The van der Waals surface area contributed by atoms with Gasteiger partial charge in [-0.15, -0.1) is 0 Å². The zero-order valence-corrected chi connectivity index (χ0v) is 12.9. The number of rotatable bonds is 5. The van der Waals surface area contributed by atoms with Crippen molar-refractivity contribution in [3.63, 3.8) is 0 Å². The molecule has 0 saturated carbocycles. The van der Waals surface area contributed by atoms with Crippen molar-refractivity contribution in [1.29, 1.82) is 0 Å². The minimum atomic E-state index is -0.231. The van der Waals surface area contributed by atoms with Crippen LogP contribution in [-0.2, 0) is 0 Å². The number of aromatic nitrogens is 2. The molecule has 1 aromatic heterocycles. The van der Waals surface area contributed by atoms with Crippen molar-refractivity contribution in [2.75, 3.05) is 17.2 Å². The summed E-state index contributed by atoms with van der Waals surface area (Å²) in [6, 6.07) is 6.88. The second-order valence-electron chi connectivity index (χ2n) is 5.27. The Morgan fingerprint density at radius 3 is 2.48 bits per heavy atom. The second-order valence-corrected chi connectivity index (χ2v) is 5.27. The molecule has 2 N–H and O–H groups in total. The van der Waals surface area contributed by atoms with Gasteiger partial charge in [-0.1, -0.05) is 19.9 Å². The lowest BCUT2D eigenvalue weighted by atomic mass is 10.2. The number of aryl methyl sites for hydroxylation is 1. The SMILES string of the molecule is CCNc1cc(Nc2ccc(C)c(F)c2)nc(C(C)C)n1. The Kier molecular flexibility index (Phi) is 4.73. The highest BCUT2D eigenvalue weighted by molar-refractivity contribution is 5.59. The van der Waals surface area contributed by atoms with E-state index in [4.69, 9.17) is 0 Å². The fraction of sp³-hybridized carbons (Fsp3) is 0.375. The summed E-state index contributed by atoms with van der Waals surface area (Å²) in [6.07, 6.45) is 0. The summed E-state index contributed by atoms with van der Waals surface area (Å²) in [4.78, 5) is 8.94. The monoisotopic (exact) mass is 288 g/mol. The first-order valence-corrected chi connectivity index (χ1v) is 7.15. The van der Waals surface area contributed by atoms with E-state index in [1.165, 1.54) is 6.07 Å².